The Bertz CT molecular complexity index is 432. The highest BCUT2D eigenvalue weighted by molar-refractivity contribution is 5.70. The van der Waals surface area contributed by atoms with Gasteiger partial charge in [0.1, 0.15) is 0 Å². The molecule has 0 fully saturated rings. The van der Waals surface area contributed by atoms with Crippen molar-refractivity contribution in [3.05, 3.63) is 0 Å². The van der Waals surface area contributed by atoms with E-state index in [0.717, 1.165) is 0 Å². The van der Waals surface area contributed by atoms with E-state index >= 15 is 0 Å². The highest BCUT2D eigenvalue weighted by atomic mass is 16.6. The van der Waals surface area contributed by atoms with Gasteiger partial charge in [-0.2, -0.15) is 0 Å². The first-order chi connectivity index (χ1) is 9.12. The number of carbonyl (C=O) groups excluding carboxylic acids is 2. The van der Waals surface area contributed by atoms with Crippen molar-refractivity contribution >= 4 is 11.9 Å². The summed E-state index contributed by atoms with van der Waals surface area (Å²) in [6.07, 6.45) is 0.605. The molecule has 0 saturated heterocycles. The molecule has 110 valence electrons. The summed E-state index contributed by atoms with van der Waals surface area (Å²) in [7, 11) is 0. The Balaban J connectivity index is 4.71. The molecular formula is C16H22O4. The van der Waals surface area contributed by atoms with Gasteiger partial charge in [0.15, 0.2) is 11.2 Å². The SMILES string of the molecule is CCC(=O)OC(C)(C)C#CC#CC(C)(C)OC(=O)CC. The summed E-state index contributed by atoms with van der Waals surface area (Å²) in [6, 6.07) is 0. The first-order valence-corrected chi connectivity index (χ1v) is 6.60. The number of rotatable bonds is 4. The second kappa shape index (κ2) is 7.60. The van der Waals surface area contributed by atoms with E-state index < -0.39 is 11.2 Å². The van der Waals surface area contributed by atoms with E-state index in [-0.39, 0.29) is 11.9 Å². The van der Waals surface area contributed by atoms with E-state index in [9.17, 15) is 9.59 Å². The highest BCUT2D eigenvalue weighted by Crippen LogP contribution is 2.09. The number of hydrogen-bond acceptors (Lipinski definition) is 4. The second-order valence-electron chi connectivity index (χ2n) is 5.18. The summed E-state index contributed by atoms with van der Waals surface area (Å²) in [4.78, 5) is 22.4. The van der Waals surface area contributed by atoms with Gasteiger partial charge in [-0.3, -0.25) is 9.59 Å². The topological polar surface area (TPSA) is 52.6 Å². The van der Waals surface area contributed by atoms with Gasteiger partial charge < -0.3 is 9.47 Å². The number of ether oxygens (including phenoxy) is 2. The summed E-state index contributed by atoms with van der Waals surface area (Å²) in [6.45, 7) is 10.2. The van der Waals surface area contributed by atoms with Gasteiger partial charge in [0, 0.05) is 12.8 Å². The maximum atomic E-state index is 11.2. The summed E-state index contributed by atoms with van der Waals surface area (Å²) in [5.74, 6) is 10.1. The number of esters is 2. The van der Waals surface area contributed by atoms with Crippen LogP contribution < -0.4 is 0 Å². The van der Waals surface area contributed by atoms with E-state index in [1.165, 1.54) is 0 Å². The summed E-state index contributed by atoms with van der Waals surface area (Å²) < 4.78 is 10.3. The Morgan fingerprint density at radius 3 is 1.35 bits per heavy atom. The Hall–Kier alpha value is -1.94. The summed E-state index contributed by atoms with van der Waals surface area (Å²) in [5.41, 5.74) is -1.77. The van der Waals surface area contributed by atoms with E-state index in [0.29, 0.717) is 12.8 Å². The summed E-state index contributed by atoms with van der Waals surface area (Å²) in [5, 5.41) is 0. The van der Waals surface area contributed by atoms with Crippen molar-refractivity contribution < 1.29 is 19.1 Å². The minimum atomic E-state index is -0.883. The number of carbonyl (C=O) groups is 2. The Kier molecular flexibility index (Phi) is 6.86. The molecule has 0 radical (unpaired) electrons. The maximum absolute atomic E-state index is 11.2. The average molecular weight is 278 g/mol. The quantitative estimate of drug-likeness (QED) is 0.585. The van der Waals surface area contributed by atoms with Crippen molar-refractivity contribution in [3.8, 4) is 23.7 Å². The third kappa shape index (κ3) is 8.21. The van der Waals surface area contributed by atoms with Gasteiger partial charge in [0.25, 0.3) is 0 Å². The third-order valence-electron chi connectivity index (χ3n) is 2.10. The summed E-state index contributed by atoms with van der Waals surface area (Å²) >= 11 is 0. The molecule has 0 atom stereocenters. The van der Waals surface area contributed by atoms with Crippen LogP contribution in [-0.2, 0) is 19.1 Å². The predicted molar refractivity (Wildman–Crippen MR) is 76.5 cm³/mol. The zero-order valence-electron chi connectivity index (χ0n) is 13.0. The molecular weight excluding hydrogens is 256 g/mol. The molecule has 0 rings (SSSR count). The van der Waals surface area contributed by atoms with Crippen LogP contribution in [0.2, 0.25) is 0 Å². The van der Waals surface area contributed by atoms with Crippen molar-refractivity contribution in [2.75, 3.05) is 0 Å². The lowest BCUT2D eigenvalue weighted by Crippen LogP contribution is -2.26. The molecule has 0 bridgehead atoms. The molecule has 0 aromatic rings. The van der Waals surface area contributed by atoms with Gasteiger partial charge >= 0.3 is 11.9 Å². The molecule has 0 heterocycles. The van der Waals surface area contributed by atoms with Gasteiger partial charge in [-0.1, -0.05) is 13.8 Å². The van der Waals surface area contributed by atoms with E-state index in [2.05, 4.69) is 23.7 Å². The number of hydrogen-bond donors (Lipinski definition) is 0. The smallest absolute Gasteiger partial charge is 0.307 e. The fourth-order valence-electron chi connectivity index (χ4n) is 1.13. The molecule has 0 aromatic carbocycles. The predicted octanol–water partition coefficient (Wildman–Crippen LogP) is 2.46. The van der Waals surface area contributed by atoms with Crippen molar-refractivity contribution in [3.63, 3.8) is 0 Å². The maximum Gasteiger partial charge on any atom is 0.307 e. The van der Waals surface area contributed by atoms with Crippen molar-refractivity contribution in [1.82, 2.24) is 0 Å². The third-order valence-corrected chi connectivity index (χ3v) is 2.10. The Morgan fingerprint density at radius 1 is 0.800 bits per heavy atom. The molecule has 4 heteroatoms. The van der Waals surface area contributed by atoms with Crippen LogP contribution in [0.3, 0.4) is 0 Å². The molecule has 0 aliphatic rings. The van der Waals surface area contributed by atoms with Gasteiger partial charge in [0.2, 0.25) is 0 Å². The van der Waals surface area contributed by atoms with Crippen LogP contribution >= 0.6 is 0 Å². The first kappa shape index (κ1) is 18.1. The lowest BCUT2D eigenvalue weighted by molar-refractivity contribution is -0.152. The van der Waals surface area contributed by atoms with Crippen molar-refractivity contribution in [2.24, 2.45) is 0 Å². The van der Waals surface area contributed by atoms with Gasteiger partial charge in [-0.05, 0) is 51.4 Å². The molecule has 4 nitrogen and oxygen atoms in total. The van der Waals surface area contributed by atoms with Crippen LogP contribution in [0, 0.1) is 23.7 Å². The van der Waals surface area contributed by atoms with E-state index in [1.54, 1.807) is 41.5 Å². The molecule has 0 saturated carbocycles. The standard InChI is InChI=1S/C16H22O4/c1-7-13(17)19-15(3,4)11-9-10-12-16(5,6)20-14(18)8-2/h7-8H2,1-6H3. The minimum Gasteiger partial charge on any atom is -0.446 e. The van der Waals surface area contributed by atoms with Gasteiger partial charge in [0.05, 0.1) is 0 Å². The second-order valence-corrected chi connectivity index (χ2v) is 5.18. The first-order valence-electron chi connectivity index (χ1n) is 6.60. The largest absolute Gasteiger partial charge is 0.446 e. The normalized spacial score (nSPS) is 10.5. The van der Waals surface area contributed by atoms with E-state index in [4.69, 9.17) is 9.47 Å². The van der Waals surface area contributed by atoms with Crippen LogP contribution in [0.15, 0.2) is 0 Å². The molecule has 20 heavy (non-hydrogen) atoms. The molecule has 0 spiro atoms. The van der Waals surface area contributed by atoms with E-state index in [1.807, 2.05) is 0 Å². The van der Waals surface area contributed by atoms with Gasteiger partial charge in [-0.15, -0.1) is 0 Å². The lowest BCUT2D eigenvalue weighted by atomic mass is 10.1. The Morgan fingerprint density at radius 2 is 1.10 bits per heavy atom. The van der Waals surface area contributed by atoms with Crippen LogP contribution in [0.4, 0.5) is 0 Å². The van der Waals surface area contributed by atoms with Crippen LogP contribution in [0.1, 0.15) is 54.4 Å². The van der Waals surface area contributed by atoms with Gasteiger partial charge in [-0.25, -0.2) is 0 Å². The molecule has 0 N–H and O–H groups in total. The average Bonchev–Trinajstić information content (AvgIpc) is 2.33. The zero-order valence-corrected chi connectivity index (χ0v) is 13.0. The molecule has 0 aromatic heterocycles. The highest BCUT2D eigenvalue weighted by Gasteiger charge is 2.19. The fourth-order valence-corrected chi connectivity index (χ4v) is 1.13. The monoisotopic (exact) mass is 278 g/mol. The van der Waals surface area contributed by atoms with Crippen molar-refractivity contribution in [1.29, 1.82) is 0 Å². The molecule has 0 aliphatic heterocycles. The van der Waals surface area contributed by atoms with Crippen LogP contribution in [-0.4, -0.2) is 23.1 Å². The lowest BCUT2D eigenvalue weighted by Gasteiger charge is -2.18. The molecule has 0 aliphatic carbocycles. The molecule has 0 unspecified atom stereocenters. The van der Waals surface area contributed by atoms with Crippen LogP contribution in [0.5, 0.6) is 0 Å². The Labute approximate surface area is 121 Å². The van der Waals surface area contributed by atoms with Crippen molar-refractivity contribution in [2.45, 2.75) is 65.6 Å². The fraction of sp³-hybridized carbons (Fsp3) is 0.625. The minimum absolute atomic E-state index is 0.302. The zero-order chi connectivity index (χ0) is 15.8. The molecule has 0 amide bonds. The van der Waals surface area contributed by atoms with Crippen LogP contribution in [0.25, 0.3) is 0 Å².